The maximum absolute atomic E-state index is 12.3. The molecule has 0 saturated heterocycles. The van der Waals surface area contributed by atoms with Crippen molar-refractivity contribution in [3.8, 4) is 0 Å². The summed E-state index contributed by atoms with van der Waals surface area (Å²) in [6, 6.07) is 2.52. The zero-order chi connectivity index (χ0) is 16.5. The highest BCUT2D eigenvalue weighted by molar-refractivity contribution is 7.93. The average Bonchev–Trinajstić information content (AvgIpc) is 2.81. The van der Waals surface area contributed by atoms with Crippen LogP contribution in [0.25, 0.3) is 0 Å². The molecular weight excluding hydrogens is 395 g/mol. The first-order chi connectivity index (χ1) is 10.2. The molecule has 11 heteroatoms. The van der Waals surface area contributed by atoms with Crippen LogP contribution in [0.15, 0.2) is 23.2 Å². The van der Waals surface area contributed by atoms with Crippen LogP contribution < -0.4 is 4.72 Å². The van der Waals surface area contributed by atoms with Crippen LogP contribution in [0.4, 0.5) is 5.13 Å². The molecule has 118 valence electrons. The summed E-state index contributed by atoms with van der Waals surface area (Å²) in [4.78, 5) is 14.6. The lowest BCUT2D eigenvalue weighted by atomic mass is 10.4. The number of halogens is 3. The number of thiazole rings is 1. The molecule has 0 unspecified atom stereocenters. The van der Waals surface area contributed by atoms with Crippen LogP contribution >= 0.6 is 46.1 Å². The van der Waals surface area contributed by atoms with E-state index in [-0.39, 0.29) is 31.5 Å². The third kappa shape index (κ3) is 3.82. The summed E-state index contributed by atoms with van der Waals surface area (Å²) in [6.45, 7) is 0. The lowest BCUT2D eigenvalue weighted by Crippen LogP contribution is -2.13. The quantitative estimate of drug-likeness (QED) is 0.747. The van der Waals surface area contributed by atoms with E-state index in [0.717, 1.165) is 11.3 Å². The number of aromatic nitrogens is 1. The number of carboxylic acid groups (broad SMARTS) is 1. The highest BCUT2D eigenvalue weighted by Crippen LogP contribution is 2.35. The van der Waals surface area contributed by atoms with Gasteiger partial charge in [-0.2, -0.15) is 0 Å². The Labute approximate surface area is 144 Å². The Hall–Kier alpha value is -1.06. The van der Waals surface area contributed by atoms with E-state index in [2.05, 4.69) is 9.71 Å². The van der Waals surface area contributed by atoms with Crippen molar-refractivity contribution in [3.63, 3.8) is 0 Å². The first-order valence-corrected chi connectivity index (χ1v) is 8.97. The van der Waals surface area contributed by atoms with Gasteiger partial charge in [-0.15, -0.1) is 11.3 Å². The smallest absolute Gasteiger partial charge is 0.308 e. The number of nitrogens with zero attached hydrogens (tertiary/aromatic N) is 1. The summed E-state index contributed by atoms with van der Waals surface area (Å²) in [7, 11) is -4.02. The summed E-state index contributed by atoms with van der Waals surface area (Å²) < 4.78 is 26.8. The maximum Gasteiger partial charge on any atom is 0.308 e. The van der Waals surface area contributed by atoms with Gasteiger partial charge in [0.15, 0.2) is 5.13 Å². The zero-order valence-corrected chi connectivity index (χ0v) is 14.4. The Kier molecular flexibility index (Phi) is 5.18. The highest BCUT2D eigenvalue weighted by Gasteiger charge is 2.22. The van der Waals surface area contributed by atoms with Gasteiger partial charge in [0.1, 0.15) is 4.90 Å². The molecule has 0 spiro atoms. The summed E-state index contributed by atoms with van der Waals surface area (Å²) in [5.74, 6) is -1.04. The maximum atomic E-state index is 12.3. The van der Waals surface area contributed by atoms with Crippen LogP contribution in [-0.2, 0) is 21.2 Å². The van der Waals surface area contributed by atoms with Gasteiger partial charge < -0.3 is 5.11 Å². The standard InChI is InChI=1S/C11H7Cl3N2O4S2/c12-6-1-2-7(10(14)9(6)13)22(19,20)16-11-15-4-5(21-11)3-8(17)18/h1-2,4H,3H2,(H,15,16)(H,17,18). The molecule has 1 aromatic carbocycles. The van der Waals surface area contributed by atoms with Crippen molar-refractivity contribution in [3.05, 3.63) is 38.3 Å². The SMILES string of the molecule is O=C(O)Cc1cnc(NS(=O)(=O)c2ccc(Cl)c(Cl)c2Cl)s1. The van der Waals surface area contributed by atoms with Crippen molar-refractivity contribution < 1.29 is 18.3 Å². The summed E-state index contributed by atoms with van der Waals surface area (Å²) in [6.07, 6.45) is 1.04. The molecule has 0 aliphatic rings. The minimum absolute atomic E-state index is 0.0263. The van der Waals surface area contributed by atoms with Crippen LogP contribution in [0.2, 0.25) is 15.1 Å². The molecule has 2 N–H and O–H groups in total. The Morgan fingerprint density at radius 1 is 1.27 bits per heavy atom. The van der Waals surface area contributed by atoms with Gasteiger partial charge in [-0.1, -0.05) is 34.8 Å². The monoisotopic (exact) mass is 400 g/mol. The van der Waals surface area contributed by atoms with E-state index in [4.69, 9.17) is 39.9 Å². The van der Waals surface area contributed by atoms with Crippen LogP contribution in [0.1, 0.15) is 4.88 Å². The van der Waals surface area contributed by atoms with E-state index in [1.54, 1.807) is 0 Å². The van der Waals surface area contributed by atoms with Gasteiger partial charge >= 0.3 is 5.97 Å². The predicted octanol–water partition coefficient (Wildman–Crippen LogP) is 3.53. The predicted molar refractivity (Wildman–Crippen MR) is 85.7 cm³/mol. The fourth-order valence-electron chi connectivity index (χ4n) is 1.47. The molecule has 2 aromatic rings. The summed E-state index contributed by atoms with van der Waals surface area (Å²) >= 11 is 18.4. The van der Waals surface area contributed by atoms with Crippen molar-refractivity contribution in [1.82, 2.24) is 4.98 Å². The lowest BCUT2D eigenvalue weighted by Gasteiger charge is -2.08. The second kappa shape index (κ2) is 6.59. The van der Waals surface area contributed by atoms with E-state index in [9.17, 15) is 13.2 Å². The number of carboxylic acids is 1. The largest absolute Gasteiger partial charge is 0.481 e. The fraction of sp³-hybridized carbons (Fsp3) is 0.0909. The van der Waals surface area contributed by atoms with E-state index in [1.165, 1.54) is 18.3 Å². The van der Waals surface area contributed by atoms with Gasteiger partial charge in [-0.05, 0) is 12.1 Å². The molecule has 0 saturated carbocycles. The summed E-state index contributed by atoms with van der Waals surface area (Å²) in [5.41, 5.74) is 0. The zero-order valence-electron chi connectivity index (χ0n) is 10.5. The first-order valence-electron chi connectivity index (χ1n) is 5.53. The highest BCUT2D eigenvalue weighted by atomic mass is 35.5. The van der Waals surface area contributed by atoms with Gasteiger partial charge in [0.05, 0.1) is 21.5 Å². The van der Waals surface area contributed by atoms with E-state index in [1.807, 2.05) is 0 Å². The van der Waals surface area contributed by atoms with Gasteiger partial charge in [-0.25, -0.2) is 13.4 Å². The van der Waals surface area contributed by atoms with Crippen LogP contribution in [0, 0.1) is 0 Å². The van der Waals surface area contributed by atoms with Gasteiger partial charge in [-0.3, -0.25) is 9.52 Å². The number of sulfonamides is 1. The number of carbonyl (C=O) groups is 1. The van der Waals surface area contributed by atoms with Crippen LogP contribution in [0.3, 0.4) is 0 Å². The van der Waals surface area contributed by atoms with Crippen molar-refractivity contribution in [1.29, 1.82) is 0 Å². The topological polar surface area (TPSA) is 96.4 Å². The summed E-state index contributed by atoms with van der Waals surface area (Å²) in [5, 5.41) is 8.55. The van der Waals surface area contributed by atoms with Gasteiger partial charge in [0.25, 0.3) is 10.0 Å². The Morgan fingerprint density at radius 3 is 2.59 bits per heavy atom. The molecule has 6 nitrogen and oxygen atoms in total. The number of benzene rings is 1. The van der Waals surface area contributed by atoms with Crippen molar-refractivity contribution in [2.45, 2.75) is 11.3 Å². The van der Waals surface area contributed by atoms with Crippen LogP contribution in [0.5, 0.6) is 0 Å². The molecule has 0 aliphatic heterocycles. The number of rotatable bonds is 5. The normalized spacial score (nSPS) is 11.4. The average molecular weight is 402 g/mol. The van der Waals surface area contributed by atoms with Crippen molar-refractivity contribution in [2.75, 3.05) is 4.72 Å². The first kappa shape index (κ1) is 17.3. The van der Waals surface area contributed by atoms with Crippen LogP contribution in [-0.4, -0.2) is 24.5 Å². The van der Waals surface area contributed by atoms with Gasteiger partial charge in [0, 0.05) is 11.1 Å². The second-order valence-electron chi connectivity index (χ2n) is 3.98. The fourth-order valence-corrected chi connectivity index (χ4v) is 4.50. The van der Waals surface area contributed by atoms with E-state index in [0.29, 0.717) is 4.88 Å². The van der Waals surface area contributed by atoms with E-state index < -0.39 is 16.0 Å². The van der Waals surface area contributed by atoms with E-state index >= 15 is 0 Å². The Morgan fingerprint density at radius 2 is 1.95 bits per heavy atom. The number of hydrogen-bond donors (Lipinski definition) is 2. The minimum atomic E-state index is -4.02. The van der Waals surface area contributed by atoms with Crippen molar-refractivity contribution in [2.24, 2.45) is 0 Å². The molecule has 0 atom stereocenters. The Balaban J connectivity index is 2.30. The number of nitrogens with one attached hydrogen (secondary N) is 1. The van der Waals surface area contributed by atoms with Crippen molar-refractivity contribution >= 4 is 67.3 Å². The third-order valence-corrected chi connectivity index (χ3v) is 6.22. The molecule has 2 rings (SSSR count). The molecule has 0 amide bonds. The molecule has 1 heterocycles. The molecule has 0 radical (unpaired) electrons. The minimum Gasteiger partial charge on any atom is -0.481 e. The van der Waals surface area contributed by atoms with Gasteiger partial charge in [0.2, 0.25) is 0 Å². The number of hydrogen-bond acceptors (Lipinski definition) is 5. The second-order valence-corrected chi connectivity index (χ2v) is 7.91. The molecule has 0 bridgehead atoms. The number of anilines is 1. The Bertz CT molecular complexity index is 836. The third-order valence-electron chi connectivity index (χ3n) is 2.39. The molecule has 0 aliphatic carbocycles. The molecule has 0 fully saturated rings. The lowest BCUT2D eigenvalue weighted by molar-refractivity contribution is -0.136. The molecular formula is C11H7Cl3N2O4S2. The molecule has 22 heavy (non-hydrogen) atoms. The number of aliphatic carboxylic acids is 1. The molecule has 1 aromatic heterocycles.